The van der Waals surface area contributed by atoms with Crippen LogP contribution >= 0.6 is 0 Å². The maximum absolute atomic E-state index is 9.14. The summed E-state index contributed by atoms with van der Waals surface area (Å²) in [7, 11) is 0. The van der Waals surface area contributed by atoms with Gasteiger partial charge in [-0.25, -0.2) is 0 Å². The van der Waals surface area contributed by atoms with E-state index in [9.17, 15) is 0 Å². The average molecular weight is 453 g/mol. The second-order valence-corrected chi connectivity index (χ2v) is 8.11. The van der Waals surface area contributed by atoms with Crippen molar-refractivity contribution in [3.8, 4) is 0 Å². The molecule has 0 bridgehead atoms. The van der Waals surface area contributed by atoms with E-state index in [1.54, 1.807) is 13.8 Å². The fraction of sp³-hybridized carbons (Fsp3) is 0.478. The zero-order chi connectivity index (χ0) is 23.5. The average Bonchev–Trinajstić information content (AvgIpc) is 3.14. The van der Waals surface area contributed by atoms with Crippen LogP contribution in [0.4, 0.5) is 0 Å². The third-order valence-corrected chi connectivity index (χ3v) is 5.12. The maximum atomic E-state index is 9.14. The van der Waals surface area contributed by atoms with Crippen LogP contribution in [0.1, 0.15) is 25.0 Å². The Kier molecular flexibility index (Phi) is 9.09. The van der Waals surface area contributed by atoms with Crippen LogP contribution in [0.25, 0.3) is 20.9 Å². The van der Waals surface area contributed by atoms with E-state index in [0.29, 0.717) is 13.2 Å². The molecular formula is C23H28N6O4. The van der Waals surface area contributed by atoms with E-state index in [-0.39, 0.29) is 13.2 Å². The summed E-state index contributed by atoms with van der Waals surface area (Å²) in [5.41, 5.74) is 20.3. The lowest BCUT2D eigenvalue weighted by Gasteiger charge is -2.26. The first-order valence-corrected chi connectivity index (χ1v) is 10.7. The Balaban J connectivity index is 1.69. The molecule has 4 atom stereocenters. The lowest BCUT2D eigenvalue weighted by molar-refractivity contribution is -0.151. The molecule has 3 rings (SSSR count). The molecule has 0 N–H and O–H groups in total. The van der Waals surface area contributed by atoms with Gasteiger partial charge in [0.1, 0.15) is 0 Å². The molecule has 2 aromatic rings. The minimum absolute atomic E-state index is 0.118. The molecule has 33 heavy (non-hydrogen) atoms. The number of rotatable bonds is 12. The van der Waals surface area contributed by atoms with Crippen molar-refractivity contribution in [2.75, 3.05) is 13.2 Å². The second-order valence-electron chi connectivity index (χ2n) is 8.11. The molecular weight excluding hydrogens is 424 g/mol. The zero-order valence-electron chi connectivity index (χ0n) is 18.7. The first-order chi connectivity index (χ1) is 16.0. The molecule has 0 amide bonds. The highest BCUT2D eigenvalue weighted by Gasteiger charge is 2.48. The summed E-state index contributed by atoms with van der Waals surface area (Å²) in [4.78, 5) is 5.94. The number of hydrogen-bond acceptors (Lipinski definition) is 6. The summed E-state index contributed by atoms with van der Waals surface area (Å²) < 4.78 is 23.7. The summed E-state index contributed by atoms with van der Waals surface area (Å²) in [5, 5.41) is 7.80. The van der Waals surface area contributed by atoms with E-state index in [1.165, 1.54) is 0 Å². The molecule has 1 fully saturated rings. The third-order valence-electron chi connectivity index (χ3n) is 5.12. The van der Waals surface area contributed by atoms with Crippen molar-refractivity contribution in [3.05, 3.63) is 92.7 Å². The number of hydrogen-bond donors (Lipinski definition) is 0. The highest BCUT2D eigenvalue weighted by Crippen LogP contribution is 2.34. The largest absolute Gasteiger partial charge is 0.376 e. The van der Waals surface area contributed by atoms with Crippen molar-refractivity contribution < 1.29 is 18.9 Å². The zero-order valence-corrected chi connectivity index (χ0v) is 18.7. The van der Waals surface area contributed by atoms with E-state index in [1.807, 2.05) is 60.7 Å². The van der Waals surface area contributed by atoms with Crippen molar-refractivity contribution in [1.29, 1.82) is 0 Å². The van der Waals surface area contributed by atoms with E-state index in [4.69, 9.17) is 30.0 Å². The molecule has 1 saturated heterocycles. The smallest absolute Gasteiger partial charge is 0.163 e. The molecule has 10 heteroatoms. The predicted molar refractivity (Wildman–Crippen MR) is 122 cm³/mol. The molecule has 0 radical (unpaired) electrons. The van der Waals surface area contributed by atoms with Crippen molar-refractivity contribution in [3.63, 3.8) is 0 Å². The SMILES string of the molecule is CC1(C)O[C@H]([C@H](COCc2ccccc2)N=[N+]=[N-])[C@@H]([C@H](COCc2ccccc2)N=[N+]=[N-])O1. The molecule has 0 unspecified atom stereocenters. The van der Waals surface area contributed by atoms with Gasteiger partial charge >= 0.3 is 0 Å². The molecule has 2 aromatic carbocycles. The minimum Gasteiger partial charge on any atom is -0.376 e. The number of ether oxygens (including phenoxy) is 4. The van der Waals surface area contributed by atoms with Gasteiger partial charge in [-0.2, -0.15) is 0 Å². The first kappa shape index (κ1) is 24.5. The van der Waals surface area contributed by atoms with Gasteiger partial charge in [0.25, 0.3) is 0 Å². The van der Waals surface area contributed by atoms with Gasteiger partial charge in [-0.15, -0.1) is 0 Å². The molecule has 0 aliphatic carbocycles. The standard InChI is InChI=1S/C23H28N6O4/c1-23(2)32-21(19(26-28-24)15-30-13-17-9-5-3-6-10-17)22(33-23)20(27-29-25)16-31-14-18-11-7-4-8-12-18/h3-12,19-22H,13-16H2,1-2H3/t19-,20-,21+,22+/m0/s1. The van der Waals surface area contributed by atoms with Crippen LogP contribution in [0.5, 0.6) is 0 Å². The fourth-order valence-electron chi connectivity index (χ4n) is 3.68. The quantitative estimate of drug-likeness (QED) is 0.245. The summed E-state index contributed by atoms with van der Waals surface area (Å²) in [6.07, 6.45) is -1.36. The van der Waals surface area contributed by atoms with Crippen molar-refractivity contribution >= 4 is 0 Å². The minimum atomic E-state index is -0.958. The van der Waals surface area contributed by atoms with Crippen molar-refractivity contribution in [2.24, 2.45) is 10.2 Å². The Morgan fingerprint density at radius 1 is 0.788 bits per heavy atom. The van der Waals surface area contributed by atoms with Gasteiger partial charge in [0.2, 0.25) is 0 Å². The van der Waals surface area contributed by atoms with E-state index < -0.39 is 30.1 Å². The van der Waals surface area contributed by atoms with Crippen LogP contribution in [0.3, 0.4) is 0 Å². The lowest BCUT2D eigenvalue weighted by atomic mass is 10.0. The maximum Gasteiger partial charge on any atom is 0.163 e. The Bertz CT molecular complexity index is 884. The van der Waals surface area contributed by atoms with Gasteiger partial charge in [0.15, 0.2) is 5.79 Å². The molecule has 1 heterocycles. The lowest BCUT2D eigenvalue weighted by Crippen LogP contribution is -2.44. The topological polar surface area (TPSA) is 134 Å². The van der Waals surface area contributed by atoms with Gasteiger partial charge in [-0.1, -0.05) is 70.9 Å². The summed E-state index contributed by atoms with van der Waals surface area (Å²) in [6.45, 7) is 4.48. The van der Waals surface area contributed by atoms with Crippen LogP contribution in [0.15, 0.2) is 70.9 Å². The number of azide groups is 2. The Labute approximate surface area is 192 Å². The third kappa shape index (κ3) is 7.47. The van der Waals surface area contributed by atoms with Crippen LogP contribution in [0, 0.1) is 0 Å². The van der Waals surface area contributed by atoms with Gasteiger partial charge in [0.05, 0.1) is 50.7 Å². The molecule has 1 aliphatic heterocycles. The van der Waals surface area contributed by atoms with Crippen molar-refractivity contribution in [2.45, 2.75) is 57.1 Å². The van der Waals surface area contributed by atoms with Crippen LogP contribution in [-0.2, 0) is 32.2 Å². The summed E-state index contributed by atoms with van der Waals surface area (Å²) >= 11 is 0. The molecule has 1 aliphatic rings. The van der Waals surface area contributed by atoms with Gasteiger partial charge in [-0.3, -0.25) is 0 Å². The van der Waals surface area contributed by atoms with E-state index >= 15 is 0 Å². The number of benzene rings is 2. The van der Waals surface area contributed by atoms with Crippen LogP contribution in [0.2, 0.25) is 0 Å². The van der Waals surface area contributed by atoms with Crippen LogP contribution in [-0.4, -0.2) is 43.3 Å². The van der Waals surface area contributed by atoms with E-state index in [0.717, 1.165) is 11.1 Å². The predicted octanol–water partition coefficient (Wildman–Crippen LogP) is 5.30. The molecule has 10 nitrogen and oxygen atoms in total. The fourth-order valence-corrected chi connectivity index (χ4v) is 3.68. The highest BCUT2D eigenvalue weighted by atomic mass is 16.8. The van der Waals surface area contributed by atoms with Crippen LogP contribution < -0.4 is 0 Å². The Morgan fingerprint density at radius 2 is 1.18 bits per heavy atom. The van der Waals surface area contributed by atoms with Crippen molar-refractivity contribution in [1.82, 2.24) is 0 Å². The normalized spacial score (nSPS) is 20.9. The second kappa shape index (κ2) is 12.2. The van der Waals surface area contributed by atoms with Gasteiger partial charge < -0.3 is 18.9 Å². The summed E-state index contributed by atoms with van der Waals surface area (Å²) in [6, 6.07) is 18.0. The van der Waals surface area contributed by atoms with Gasteiger partial charge in [-0.05, 0) is 36.0 Å². The molecule has 0 spiro atoms. The Morgan fingerprint density at radius 3 is 1.55 bits per heavy atom. The number of nitrogens with zero attached hydrogens (tertiary/aromatic N) is 6. The summed E-state index contributed by atoms with van der Waals surface area (Å²) in [5.74, 6) is -0.958. The van der Waals surface area contributed by atoms with E-state index in [2.05, 4.69) is 20.1 Å². The molecule has 174 valence electrons. The molecule has 0 aromatic heterocycles. The first-order valence-electron chi connectivity index (χ1n) is 10.7. The van der Waals surface area contributed by atoms with Gasteiger partial charge in [0, 0.05) is 9.82 Å². The highest BCUT2D eigenvalue weighted by molar-refractivity contribution is 5.14. The molecule has 0 saturated carbocycles. The Hall–Kier alpha value is -3.10. The monoisotopic (exact) mass is 452 g/mol.